The Labute approximate surface area is 90.4 Å². The molecule has 1 aliphatic rings. The molecule has 84 valence electrons. The SMILES string of the molecule is NCc1ccnn1CCCC1CCCO1. The van der Waals surface area contributed by atoms with Crippen molar-refractivity contribution in [1.29, 1.82) is 0 Å². The molecule has 15 heavy (non-hydrogen) atoms. The van der Waals surface area contributed by atoms with Gasteiger partial charge in [-0.25, -0.2) is 0 Å². The number of nitrogens with zero attached hydrogens (tertiary/aromatic N) is 2. The van der Waals surface area contributed by atoms with Gasteiger partial charge >= 0.3 is 0 Å². The molecule has 1 aliphatic heterocycles. The van der Waals surface area contributed by atoms with Crippen molar-refractivity contribution >= 4 is 0 Å². The zero-order valence-corrected chi connectivity index (χ0v) is 9.06. The number of hydrogen-bond donors (Lipinski definition) is 1. The Kier molecular flexibility index (Phi) is 3.75. The second kappa shape index (κ2) is 5.28. The standard InChI is InChI=1S/C11H19N3O/c12-9-10-5-6-13-14(10)7-1-3-11-4-2-8-15-11/h5-6,11H,1-4,7-9,12H2. The lowest BCUT2D eigenvalue weighted by Gasteiger charge is -2.10. The molecule has 4 heteroatoms. The van der Waals surface area contributed by atoms with E-state index >= 15 is 0 Å². The number of aromatic nitrogens is 2. The van der Waals surface area contributed by atoms with Crippen molar-refractivity contribution in [1.82, 2.24) is 9.78 Å². The highest BCUT2D eigenvalue weighted by Gasteiger charge is 2.14. The third kappa shape index (κ3) is 2.79. The highest BCUT2D eigenvalue weighted by Crippen LogP contribution is 2.17. The fraction of sp³-hybridized carbons (Fsp3) is 0.727. The average Bonchev–Trinajstić information content (AvgIpc) is 2.88. The number of aryl methyl sites for hydroxylation is 1. The first-order valence-electron chi connectivity index (χ1n) is 5.72. The summed E-state index contributed by atoms with van der Waals surface area (Å²) in [5.74, 6) is 0. The number of ether oxygens (including phenoxy) is 1. The molecule has 0 saturated carbocycles. The van der Waals surface area contributed by atoms with Gasteiger partial charge in [0.15, 0.2) is 0 Å². The van der Waals surface area contributed by atoms with Gasteiger partial charge in [0.05, 0.1) is 11.8 Å². The molecule has 1 aromatic rings. The van der Waals surface area contributed by atoms with Crippen molar-refractivity contribution in [3.05, 3.63) is 18.0 Å². The van der Waals surface area contributed by atoms with E-state index in [1.54, 1.807) is 0 Å². The van der Waals surface area contributed by atoms with Gasteiger partial charge in [0.25, 0.3) is 0 Å². The van der Waals surface area contributed by atoms with Crippen LogP contribution in [0.4, 0.5) is 0 Å². The van der Waals surface area contributed by atoms with Crippen LogP contribution in [0.25, 0.3) is 0 Å². The second-order valence-electron chi connectivity index (χ2n) is 4.03. The summed E-state index contributed by atoms with van der Waals surface area (Å²) in [6.07, 6.45) is 7.02. The van der Waals surface area contributed by atoms with Gasteiger partial charge in [0.2, 0.25) is 0 Å². The molecule has 0 spiro atoms. The van der Waals surface area contributed by atoms with Crippen LogP contribution in [-0.2, 0) is 17.8 Å². The number of hydrogen-bond acceptors (Lipinski definition) is 3. The third-order valence-electron chi connectivity index (χ3n) is 2.93. The monoisotopic (exact) mass is 209 g/mol. The molecule has 1 atom stereocenters. The molecule has 0 amide bonds. The van der Waals surface area contributed by atoms with E-state index in [4.69, 9.17) is 10.5 Å². The van der Waals surface area contributed by atoms with Gasteiger partial charge in [-0.3, -0.25) is 4.68 Å². The van der Waals surface area contributed by atoms with Crippen molar-refractivity contribution in [2.75, 3.05) is 6.61 Å². The van der Waals surface area contributed by atoms with Crippen molar-refractivity contribution in [3.8, 4) is 0 Å². The fourth-order valence-corrected chi connectivity index (χ4v) is 2.08. The maximum absolute atomic E-state index is 5.60. The quantitative estimate of drug-likeness (QED) is 0.795. The normalized spacial score (nSPS) is 21.0. The van der Waals surface area contributed by atoms with Gasteiger partial charge in [0, 0.05) is 25.9 Å². The Morgan fingerprint density at radius 1 is 1.60 bits per heavy atom. The molecule has 4 nitrogen and oxygen atoms in total. The second-order valence-corrected chi connectivity index (χ2v) is 4.03. The van der Waals surface area contributed by atoms with Crippen molar-refractivity contribution in [3.63, 3.8) is 0 Å². The van der Waals surface area contributed by atoms with E-state index in [1.165, 1.54) is 12.8 Å². The summed E-state index contributed by atoms with van der Waals surface area (Å²) in [5.41, 5.74) is 6.72. The summed E-state index contributed by atoms with van der Waals surface area (Å²) in [5, 5.41) is 4.25. The van der Waals surface area contributed by atoms with Gasteiger partial charge < -0.3 is 10.5 Å². The number of rotatable bonds is 5. The molecule has 0 aliphatic carbocycles. The first-order chi connectivity index (χ1) is 7.40. The minimum absolute atomic E-state index is 0.488. The van der Waals surface area contributed by atoms with E-state index in [1.807, 2.05) is 16.9 Å². The molecule has 1 unspecified atom stereocenters. The van der Waals surface area contributed by atoms with Crippen molar-refractivity contribution in [2.24, 2.45) is 5.73 Å². The lowest BCUT2D eigenvalue weighted by Crippen LogP contribution is -2.11. The molecule has 0 radical (unpaired) electrons. The summed E-state index contributed by atoms with van der Waals surface area (Å²) in [6, 6.07) is 1.98. The molecule has 2 N–H and O–H groups in total. The maximum atomic E-state index is 5.60. The fourth-order valence-electron chi connectivity index (χ4n) is 2.08. The molecular weight excluding hydrogens is 190 g/mol. The average molecular weight is 209 g/mol. The topological polar surface area (TPSA) is 53.1 Å². The molecule has 0 aromatic carbocycles. The van der Waals surface area contributed by atoms with Crippen molar-refractivity contribution < 1.29 is 4.74 Å². The van der Waals surface area contributed by atoms with Gasteiger partial charge in [-0.05, 0) is 31.7 Å². The minimum atomic E-state index is 0.488. The lowest BCUT2D eigenvalue weighted by atomic mass is 10.1. The van der Waals surface area contributed by atoms with E-state index in [2.05, 4.69) is 5.10 Å². The van der Waals surface area contributed by atoms with Crippen LogP contribution < -0.4 is 5.73 Å². The Morgan fingerprint density at radius 2 is 2.53 bits per heavy atom. The highest BCUT2D eigenvalue weighted by atomic mass is 16.5. The van der Waals surface area contributed by atoms with Crippen LogP contribution in [-0.4, -0.2) is 22.5 Å². The summed E-state index contributed by atoms with van der Waals surface area (Å²) < 4.78 is 7.57. The molecule has 2 rings (SSSR count). The van der Waals surface area contributed by atoms with Gasteiger partial charge in [-0.1, -0.05) is 0 Å². The maximum Gasteiger partial charge on any atom is 0.0576 e. The molecule has 1 saturated heterocycles. The van der Waals surface area contributed by atoms with Gasteiger partial charge in [-0.15, -0.1) is 0 Å². The minimum Gasteiger partial charge on any atom is -0.378 e. The van der Waals surface area contributed by atoms with Crippen LogP contribution in [0.3, 0.4) is 0 Å². The van der Waals surface area contributed by atoms with Crippen molar-refractivity contribution in [2.45, 2.75) is 44.9 Å². The Bertz CT molecular complexity index is 292. The highest BCUT2D eigenvalue weighted by molar-refractivity contribution is 4.99. The van der Waals surface area contributed by atoms with Crippen LogP contribution >= 0.6 is 0 Å². The van der Waals surface area contributed by atoms with Crippen LogP contribution in [0.15, 0.2) is 12.3 Å². The van der Waals surface area contributed by atoms with E-state index < -0.39 is 0 Å². The van der Waals surface area contributed by atoms with Gasteiger partial charge in [0.1, 0.15) is 0 Å². The van der Waals surface area contributed by atoms with E-state index in [9.17, 15) is 0 Å². The lowest BCUT2D eigenvalue weighted by molar-refractivity contribution is 0.101. The van der Waals surface area contributed by atoms with Crippen LogP contribution in [0, 0.1) is 0 Å². The molecule has 1 fully saturated rings. The summed E-state index contributed by atoms with van der Waals surface area (Å²) in [4.78, 5) is 0. The largest absolute Gasteiger partial charge is 0.378 e. The third-order valence-corrected chi connectivity index (χ3v) is 2.93. The van der Waals surface area contributed by atoms with E-state index in [0.717, 1.165) is 31.7 Å². The van der Waals surface area contributed by atoms with E-state index in [0.29, 0.717) is 12.6 Å². The van der Waals surface area contributed by atoms with Crippen LogP contribution in [0.5, 0.6) is 0 Å². The number of nitrogens with two attached hydrogens (primary N) is 1. The zero-order chi connectivity index (χ0) is 10.5. The first kappa shape index (κ1) is 10.6. The summed E-state index contributed by atoms with van der Waals surface area (Å²) in [6.45, 7) is 2.47. The van der Waals surface area contributed by atoms with Gasteiger partial charge in [-0.2, -0.15) is 5.10 Å². The first-order valence-corrected chi connectivity index (χ1v) is 5.72. The Balaban J connectivity index is 1.73. The molecule has 2 heterocycles. The zero-order valence-electron chi connectivity index (χ0n) is 9.06. The predicted octanol–water partition coefficient (Wildman–Crippen LogP) is 1.30. The Hall–Kier alpha value is -0.870. The molecule has 0 bridgehead atoms. The summed E-state index contributed by atoms with van der Waals surface area (Å²) in [7, 11) is 0. The smallest absolute Gasteiger partial charge is 0.0576 e. The van der Waals surface area contributed by atoms with Crippen LogP contribution in [0.2, 0.25) is 0 Å². The Morgan fingerprint density at radius 3 is 3.27 bits per heavy atom. The predicted molar refractivity (Wildman–Crippen MR) is 58.3 cm³/mol. The molecule has 1 aromatic heterocycles. The summed E-state index contributed by atoms with van der Waals surface area (Å²) >= 11 is 0. The van der Waals surface area contributed by atoms with E-state index in [-0.39, 0.29) is 0 Å². The molecular formula is C11H19N3O. The van der Waals surface area contributed by atoms with Crippen LogP contribution in [0.1, 0.15) is 31.4 Å².